The van der Waals surface area contributed by atoms with Gasteiger partial charge in [-0.05, 0) is 24.3 Å². The lowest BCUT2D eigenvalue weighted by atomic mass is 10.2. The molecule has 3 N–H and O–H groups in total. The first kappa shape index (κ1) is 13.2. The quantitative estimate of drug-likeness (QED) is 0.551. The molecule has 0 bridgehead atoms. The molecule has 7 heteroatoms. The standard InChI is InChI=1S/C11H10N2O5/c1-2-9(14)18-13-11(17)12-8-5-3-7(4-6-8)10(15)16/h2-6H,1H2,(H,15,16)(H2,12,13,17). The van der Waals surface area contributed by atoms with Crippen molar-refractivity contribution in [1.29, 1.82) is 0 Å². The highest BCUT2D eigenvalue weighted by atomic mass is 16.7. The summed E-state index contributed by atoms with van der Waals surface area (Å²) in [6.07, 6.45) is 0.891. The largest absolute Gasteiger partial charge is 0.478 e. The molecule has 0 unspecified atom stereocenters. The van der Waals surface area contributed by atoms with Gasteiger partial charge in [-0.3, -0.25) is 0 Å². The van der Waals surface area contributed by atoms with E-state index in [-0.39, 0.29) is 5.56 Å². The number of hydroxylamine groups is 1. The second-order valence-corrected chi connectivity index (χ2v) is 3.06. The molecule has 0 aliphatic carbocycles. The lowest BCUT2D eigenvalue weighted by Gasteiger charge is -2.06. The zero-order valence-electron chi connectivity index (χ0n) is 9.17. The van der Waals surface area contributed by atoms with Gasteiger partial charge in [0.15, 0.2) is 0 Å². The molecule has 0 radical (unpaired) electrons. The number of rotatable bonds is 3. The zero-order chi connectivity index (χ0) is 13.5. The van der Waals surface area contributed by atoms with Gasteiger partial charge in [0.2, 0.25) is 0 Å². The molecule has 0 fully saturated rings. The maximum Gasteiger partial charge on any atom is 0.355 e. The van der Waals surface area contributed by atoms with E-state index in [9.17, 15) is 14.4 Å². The van der Waals surface area contributed by atoms with E-state index < -0.39 is 18.0 Å². The number of hydrogen-bond acceptors (Lipinski definition) is 4. The van der Waals surface area contributed by atoms with Gasteiger partial charge in [0, 0.05) is 11.8 Å². The summed E-state index contributed by atoms with van der Waals surface area (Å²) in [4.78, 5) is 36.7. The summed E-state index contributed by atoms with van der Waals surface area (Å²) in [7, 11) is 0. The van der Waals surface area contributed by atoms with Crippen molar-refractivity contribution in [1.82, 2.24) is 5.48 Å². The third-order valence-electron chi connectivity index (χ3n) is 1.80. The lowest BCUT2D eigenvalue weighted by Crippen LogP contribution is -2.30. The number of anilines is 1. The smallest absolute Gasteiger partial charge is 0.355 e. The van der Waals surface area contributed by atoms with Crippen molar-refractivity contribution in [3.05, 3.63) is 42.5 Å². The first-order valence-corrected chi connectivity index (χ1v) is 4.76. The SMILES string of the molecule is C=CC(=O)ONC(=O)Nc1ccc(C(=O)O)cc1. The van der Waals surface area contributed by atoms with E-state index in [2.05, 4.69) is 16.7 Å². The van der Waals surface area contributed by atoms with E-state index in [1.165, 1.54) is 24.3 Å². The minimum absolute atomic E-state index is 0.0963. The van der Waals surface area contributed by atoms with Crippen LogP contribution in [-0.4, -0.2) is 23.1 Å². The van der Waals surface area contributed by atoms with E-state index >= 15 is 0 Å². The predicted molar refractivity (Wildman–Crippen MR) is 61.8 cm³/mol. The number of nitrogens with one attached hydrogen (secondary N) is 2. The fourth-order valence-corrected chi connectivity index (χ4v) is 0.991. The van der Waals surface area contributed by atoms with Crippen molar-refractivity contribution in [3.63, 3.8) is 0 Å². The molecule has 7 nitrogen and oxygen atoms in total. The Morgan fingerprint density at radius 3 is 2.33 bits per heavy atom. The molecule has 0 heterocycles. The third kappa shape index (κ3) is 3.97. The molecule has 0 aliphatic rings. The summed E-state index contributed by atoms with van der Waals surface area (Å²) in [6, 6.07) is 4.69. The molecule has 1 aromatic carbocycles. The lowest BCUT2D eigenvalue weighted by molar-refractivity contribution is -0.142. The molecule has 0 saturated carbocycles. The molecule has 0 aromatic heterocycles. The van der Waals surface area contributed by atoms with Crippen LogP contribution in [0.1, 0.15) is 10.4 Å². The van der Waals surface area contributed by atoms with E-state index in [4.69, 9.17) is 5.11 Å². The van der Waals surface area contributed by atoms with Crippen LogP contribution < -0.4 is 10.8 Å². The minimum Gasteiger partial charge on any atom is -0.478 e. The van der Waals surface area contributed by atoms with Crippen LogP contribution in [-0.2, 0) is 9.63 Å². The van der Waals surface area contributed by atoms with E-state index in [1.54, 1.807) is 0 Å². The summed E-state index contributed by atoms with van der Waals surface area (Å²) >= 11 is 0. The van der Waals surface area contributed by atoms with Crippen LogP contribution in [0.25, 0.3) is 0 Å². The van der Waals surface area contributed by atoms with Crippen LogP contribution in [0.4, 0.5) is 10.5 Å². The Morgan fingerprint density at radius 1 is 1.22 bits per heavy atom. The van der Waals surface area contributed by atoms with Gasteiger partial charge < -0.3 is 15.3 Å². The highest BCUT2D eigenvalue weighted by molar-refractivity contribution is 5.92. The summed E-state index contributed by atoms with van der Waals surface area (Å²) in [5, 5.41) is 11.0. The normalized spacial score (nSPS) is 9.11. The van der Waals surface area contributed by atoms with Crippen LogP contribution in [0.2, 0.25) is 0 Å². The van der Waals surface area contributed by atoms with Crippen molar-refractivity contribution in [2.75, 3.05) is 5.32 Å². The van der Waals surface area contributed by atoms with Crippen molar-refractivity contribution < 1.29 is 24.3 Å². The Bertz CT molecular complexity index is 481. The number of amides is 2. The number of carboxylic acids is 1. The van der Waals surface area contributed by atoms with Gasteiger partial charge in [-0.2, -0.15) is 5.48 Å². The van der Waals surface area contributed by atoms with Gasteiger partial charge in [-0.15, -0.1) is 0 Å². The fourth-order valence-electron chi connectivity index (χ4n) is 0.991. The maximum atomic E-state index is 11.2. The summed E-state index contributed by atoms with van der Waals surface area (Å²) in [6.45, 7) is 3.15. The van der Waals surface area contributed by atoms with Crippen molar-refractivity contribution in [3.8, 4) is 0 Å². The minimum atomic E-state index is -1.06. The first-order valence-electron chi connectivity index (χ1n) is 4.76. The average Bonchev–Trinajstić information content (AvgIpc) is 2.36. The van der Waals surface area contributed by atoms with Crippen molar-refractivity contribution >= 4 is 23.7 Å². The molecule has 18 heavy (non-hydrogen) atoms. The number of carbonyl (C=O) groups is 3. The van der Waals surface area contributed by atoms with Crippen molar-refractivity contribution in [2.24, 2.45) is 0 Å². The second kappa shape index (κ2) is 6.04. The first-order chi connectivity index (χ1) is 8.52. The van der Waals surface area contributed by atoms with Gasteiger partial charge in [0.05, 0.1) is 5.56 Å². The third-order valence-corrected chi connectivity index (χ3v) is 1.80. The number of urea groups is 1. The van der Waals surface area contributed by atoms with Crippen LogP contribution in [0, 0.1) is 0 Å². The molecule has 2 amide bonds. The van der Waals surface area contributed by atoms with Gasteiger partial charge in [-0.1, -0.05) is 6.58 Å². The molecule has 0 spiro atoms. The van der Waals surface area contributed by atoms with Gasteiger partial charge in [0.1, 0.15) is 0 Å². The van der Waals surface area contributed by atoms with Crippen LogP contribution in [0.15, 0.2) is 36.9 Å². The number of carboxylic acid groups (broad SMARTS) is 1. The van der Waals surface area contributed by atoms with Gasteiger partial charge in [0.25, 0.3) is 0 Å². The Morgan fingerprint density at radius 2 is 1.83 bits per heavy atom. The summed E-state index contributed by atoms with van der Waals surface area (Å²) in [5.74, 6) is -1.86. The van der Waals surface area contributed by atoms with Crippen molar-refractivity contribution in [2.45, 2.75) is 0 Å². The molecule has 0 aliphatic heterocycles. The number of benzene rings is 1. The number of aromatic carboxylic acids is 1. The summed E-state index contributed by atoms with van der Waals surface area (Å²) in [5.41, 5.74) is 2.28. The predicted octanol–water partition coefficient (Wildman–Crippen LogP) is 1.15. The summed E-state index contributed by atoms with van der Waals surface area (Å²) < 4.78 is 0. The second-order valence-electron chi connectivity index (χ2n) is 3.06. The zero-order valence-corrected chi connectivity index (χ0v) is 9.17. The Kier molecular flexibility index (Phi) is 4.44. The Labute approximate surface area is 102 Å². The van der Waals surface area contributed by atoms with E-state index in [0.29, 0.717) is 5.69 Å². The number of carbonyl (C=O) groups excluding carboxylic acids is 2. The molecular weight excluding hydrogens is 240 g/mol. The molecule has 1 aromatic rings. The van der Waals surface area contributed by atoms with Gasteiger partial charge in [-0.25, -0.2) is 14.4 Å². The topological polar surface area (TPSA) is 105 Å². The van der Waals surface area contributed by atoms with Crippen LogP contribution in [0.5, 0.6) is 0 Å². The van der Waals surface area contributed by atoms with Crippen LogP contribution in [0.3, 0.4) is 0 Å². The molecular formula is C11H10N2O5. The molecule has 0 atom stereocenters. The fraction of sp³-hybridized carbons (Fsp3) is 0. The number of hydrogen-bond donors (Lipinski definition) is 3. The Hall–Kier alpha value is -2.83. The highest BCUT2D eigenvalue weighted by Crippen LogP contribution is 2.09. The van der Waals surface area contributed by atoms with Gasteiger partial charge >= 0.3 is 18.0 Å². The molecule has 1 rings (SSSR count). The van der Waals surface area contributed by atoms with E-state index in [1.807, 2.05) is 5.48 Å². The monoisotopic (exact) mass is 250 g/mol. The maximum absolute atomic E-state index is 11.2. The van der Waals surface area contributed by atoms with E-state index in [0.717, 1.165) is 6.08 Å². The molecule has 0 saturated heterocycles. The Balaban J connectivity index is 2.51. The highest BCUT2D eigenvalue weighted by Gasteiger charge is 2.05. The molecule has 94 valence electrons. The van der Waals surface area contributed by atoms with Crippen LogP contribution >= 0.6 is 0 Å². The average molecular weight is 250 g/mol.